The van der Waals surface area contributed by atoms with E-state index in [1.807, 2.05) is 26.4 Å². The quantitative estimate of drug-likeness (QED) is 0.747. The first-order valence-electron chi connectivity index (χ1n) is 4.39. The van der Waals surface area contributed by atoms with Crippen LogP contribution in [0.2, 0.25) is 0 Å². The molecule has 3 heteroatoms. The lowest BCUT2D eigenvalue weighted by Gasteiger charge is -2.35. The number of aromatic nitrogens is 1. The third kappa shape index (κ3) is 1.87. The highest BCUT2D eigenvalue weighted by Crippen LogP contribution is 2.23. The minimum Gasteiger partial charge on any atom is -0.328 e. The van der Waals surface area contributed by atoms with E-state index in [1.54, 1.807) is 6.20 Å². The van der Waals surface area contributed by atoms with Crippen molar-refractivity contribution in [2.75, 3.05) is 20.6 Å². The van der Waals surface area contributed by atoms with Crippen molar-refractivity contribution in [3.05, 3.63) is 30.1 Å². The molecule has 0 bridgehead atoms. The Hall–Kier alpha value is -0.930. The molecule has 0 aliphatic heterocycles. The van der Waals surface area contributed by atoms with Crippen LogP contribution in [0.5, 0.6) is 0 Å². The van der Waals surface area contributed by atoms with Crippen molar-refractivity contribution in [1.82, 2.24) is 9.88 Å². The fraction of sp³-hybridized carbons (Fsp3) is 0.500. The lowest BCUT2D eigenvalue weighted by molar-refractivity contribution is 0.182. The van der Waals surface area contributed by atoms with Gasteiger partial charge in [-0.15, -0.1) is 0 Å². The molecule has 0 fully saturated rings. The van der Waals surface area contributed by atoms with Gasteiger partial charge in [-0.1, -0.05) is 6.07 Å². The molecule has 72 valence electrons. The van der Waals surface area contributed by atoms with Crippen LogP contribution in [0.3, 0.4) is 0 Å². The summed E-state index contributed by atoms with van der Waals surface area (Å²) in [7, 11) is 4.06. The maximum Gasteiger partial charge on any atom is 0.0565 e. The van der Waals surface area contributed by atoms with Crippen molar-refractivity contribution in [2.45, 2.75) is 12.5 Å². The molecule has 1 heterocycles. The van der Waals surface area contributed by atoms with Crippen molar-refractivity contribution in [2.24, 2.45) is 5.73 Å². The lowest BCUT2D eigenvalue weighted by Crippen LogP contribution is -2.44. The Morgan fingerprint density at radius 3 is 2.62 bits per heavy atom. The van der Waals surface area contributed by atoms with E-state index in [-0.39, 0.29) is 5.54 Å². The average Bonchev–Trinajstić information content (AvgIpc) is 2.17. The van der Waals surface area contributed by atoms with E-state index in [0.29, 0.717) is 6.54 Å². The SMILES string of the molecule is CN(C)C(C)(CN)c1cccnc1. The van der Waals surface area contributed by atoms with Crippen LogP contribution in [-0.4, -0.2) is 30.5 Å². The number of nitrogens with two attached hydrogens (primary N) is 1. The van der Waals surface area contributed by atoms with E-state index in [4.69, 9.17) is 5.73 Å². The molecule has 0 amide bonds. The Morgan fingerprint density at radius 1 is 1.54 bits per heavy atom. The summed E-state index contributed by atoms with van der Waals surface area (Å²) >= 11 is 0. The highest BCUT2D eigenvalue weighted by molar-refractivity contribution is 5.20. The molecule has 0 aliphatic carbocycles. The van der Waals surface area contributed by atoms with Crippen molar-refractivity contribution in [3.8, 4) is 0 Å². The zero-order valence-electron chi connectivity index (χ0n) is 8.49. The van der Waals surface area contributed by atoms with Gasteiger partial charge in [-0.05, 0) is 32.6 Å². The van der Waals surface area contributed by atoms with Crippen LogP contribution < -0.4 is 5.73 Å². The summed E-state index contributed by atoms with van der Waals surface area (Å²) in [4.78, 5) is 6.21. The van der Waals surface area contributed by atoms with Crippen molar-refractivity contribution in [1.29, 1.82) is 0 Å². The maximum atomic E-state index is 5.77. The Morgan fingerprint density at radius 2 is 2.23 bits per heavy atom. The monoisotopic (exact) mass is 179 g/mol. The first-order chi connectivity index (χ1) is 6.11. The summed E-state index contributed by atoms with van der Waals surface area (Å²) in [5.74, 6) is 0. The van der Waals surface area contributed by atoms with Crippen LogP contribution in [0.1, 0.15) is 12.5 Å². The van der Waals surface area contributed by atoms with Crippen LogP contribution in [0.25, 0.3) is 0 Å². The van der Waals surface area contributed by atoms with Crippen LogP contribution in [0.15, 0.2) is 24.5 Å². The minimum absolute atomic E-state index is 0.117. The minimum atomic E-state index is -0.117. The first kappa shape index (κ1) is 10.2. The Kier molecular flexibility index (Phi) is 3.01. The van der Waals surface area contributed by atoms with E-state index in [9.17, 15) is 0 Å². The molecule has 2 N–H and O–H groups in total. The summed E-state index contributed by atoms with van der Waals surface area (Å²) in [6.07, 6.45) is 3.64. The standard InChI is InChI=1S/C10H17N3/c1-10(8-11,13(2)3)9-5-4-6-12-7-9/h4-7H,8,11H2,1-3H3. The largest absolute Gasteiger partial charge is 0.328 e. The number of likely N-dealkylation sites (N-methyl/N-ethyl adjacent to an activating group) is 1. The number of hydrogen-bond donors (Lipinski definition) is 1. The molecule has 1 unspecified atom stereocenters. The molecule has 13 heavy (non-hydrogen) atoms. The van der Waals surface area contributed by atoms with Crippen LogP contribution in [-0.2, 0) is 5.54 Å². The zero-order chi connectivity index (χ0) is 9.90. The predicted molar refractivity (Wildman–Crippen MR) is 54.3 cm³/mol. The molecule has 1 rings (SSSR count). The van der Waals surface area contributed by atoms with Gasteiger partial charge in [0.25, 0.3) is 0 Å². The van der Waals surface area contributed by atoms with E-state index >= 15 is 0 Å². The second-order valence-corrected chi connectivity index (χ2v) is 3.61. The third-order valence-electron chi connectivity index (χ3n) is 2.67. The number of pyridine rings is 1. The van der Waals surface area contributed by atoms with Gasteiger partial charge in [-0.3, -0.25) is 9.88 Å². The fourth-order valence-electron chi connectivity index (χ4n) is 1.24. The second kappa shape index (κ2) is 3.85. The highest BCUT2D eigenvalue weighted by Gasteiger charge is 2.27. The molecule has 0 saturated heterocycles. The first-order valence-corrected chi connectivity index (χ1v) is 4.39. The molecular formula is C10H17N3. The van der Waals surface area contributed by atoms with Crippen LogP contribution in [0.4, 0.5) is 0 Å². The molecule has 1 aromatic rings. The van der Waals surface area contributed by atoms with E-state index < -0.39 is 0 Å². The van der Waals surface area contributed by atoms with E-state index in [0.717, 1.165) is 5.56 Å². The average molecular weight is 179 g/mol. The van der Waals surface area contributed by atoms with Gasteiger partial charge >= 0.3 is 0 Å². The summed E-state index contributed by atoms with van der Waals surface area (Å²) < 4.78 is 0. The van der Waals surface area contributed by atoms with Crippen molar-refractivity contribution >= 4 is 0 Å². The summed E-state index contributed by atoms with van der Waals surface area (Å²) in [5.41, 5.74) is 6.81. The predicted octanol–water partition coefficient (Wildman–Crippen LogP) is 0.817. The van der Waals surface area contributed by atoms with Gasteiger partial charge in [0.1, 0.15) is 0 Å². The van der Waals surface area contributed by atoms with Crippen molar-refractivity contribution in [3.63, 3.8) is 0 Å². The van der Waals surface area contributed by atoms with Gasteiger partial charge < -0.3 is 5.73 Å². The lowest BCUT2D eigenvalue weighted by atomic mass is 9.92. The highest BCUT2D eigenvalue weighted by atomic mass is 15.2. The van der Waals surface area contributed by atoms with Crippen LogP contribution >= 0.6 is 0 Å². The Bertz CT molecular complexity index is 258. The molecule has 1 aromatic heterocycles. The van der Waals surface area contributed by atoms with Gasteiger partial charge in [-0.25, -0.2) is 0 Å². The molecule has 0 aromatic carbocycles. The van der Waals surface area contributed by atoms with Gasteiger partial charge in [0.15, 0.2) is 0 Å². The molecule has 0 radical (unpaired) electrons. The van der Waals surface area contributed by atoms with E-state index in [2.05, 4.69) is 22.9 Å². The summed E-state index contributed by atoms with van der Waals surface area (Å²) in [6, 6.07) is 3.99. The zero-order valence-corrected chi connectivity index (χ0v) is 8.49. The topological polar surface area (TPSA) is 42.1 Å². The summed E-state index contributed by atoms with van der Waals surface area (Å²) in [6.45, 7) is 2.70. The van der Waals surface area contributed by atoms with Gasteiger partial charge in [0.2, 0.25) is 0 Å². The number of rotatable bonds is 3. The molecule has 0 aliphatic rings. The molecule has 0 saturated carbocycles. The van der Waals surface area contributed by atoms with Gasteiger partial charge in [0, 0.05) is 18.9 Å². The molecule has 0 spiro atoms. The molecule has 3 nitrogen and oxygen atoms in total. The van der Waals surface area contributed by atoms with Crippen LogP contribution in [0, 0.1) is 0 Å². The Balaban J connectivity index is 3.03. The number of hydrogen-bond acceptors (Lipinski definition) is 3. The van der Waals surface area contributed by atoms with Crippen molar-refractivity contribution < 1.29 is 0 Å². The summed E-state index contributed by atoms with van der Waals surface area (Å²) in [5, 5.41) is 0. The molecule has 1 atom stereocenters. The fourth-order valence-corrected chi connectivity index (χ4v) is 1.24. The van der Waals surface area contributed by atoms with Gasteiger partial charge in [0.05, 0.1) is 5.54 Å². The normalized spacial score (nSPS) is 15.8. The molecular weight excluding hydrogens is 162 g/mol. The third-order valence-corrected chi connectivity index (χ3v) is 2.67. The maximum absolute atomic E-state index is 5.77. The van der Waals surface area contributed by atoms with E-state index in [1.165, 1.54) is 0 Å². The number of nitrogens with zero attached hydrogens (tertiary/aromatic N) is 2. The van der Waals surface area contributed by atoms with Gasteiger partial charge in [-0.2, -0.15) is 0 Å². The second-order valence-electron chi connectivity index (χ2n) is 3.61. The Labute approximate surface area is 79.6 Å². The smallest absolute Gasteiger partial charge is 0.0565 e.